The minimum atomic E-state index is -3.74. The molecule has 1 amide bonds. The topological polar surface area (TPSA) is 93.6 Å². The number of benzene rings is 1. The molecule has 6 nitrogen and oxygen atoms in total. The van der Waals surface area contributed by atoms with Gasteiger partial charge in [-0.2, -0.15) is 0 Å². The highest BCUT2D eigenvalue weighted by atomic mass is 32.2. The zero-order valence-electron chi connectivity index (χ0n) is 11.0. The van der Waals surface area contributed by atoms with E-state index in [0.717, 1.165) is 5.56 Å². The maximum Gasteiger partial charge on any atom is 0.293 e. The molecule has 0 aliphatic carbocycles. The quantitative estimate of drug-likeness (QED) is 0.928. The van der Waals surface area contributed by atoms with E-state index in [2.05, 4.69) is 0 Å². The zero-order valence-corrected chi connectivity index (χ0v) is 11.8. The summed E-state index contributed by atoms with van der Waals surface area (Å²) in [4.78, 5) is 13.6. The second kappa shape index (κ2) is 5.10. The fourth-order valence-corrected chi connectivity index (χ4v) is 2.24. The number of anilines is 1. The van der Waals surface area contributed by atoms with Crippen molar-refractivity contribution in [1.82, 2.24) is 0 Å². The number of carbonyl (C=O) groups is 1. The van der Waals surface area contributed by atoms with Gasteiger partial charge in [-0.1, -0.05) is 0 Å². The van der Waals surface area contributed by atoms with Gasteiger partial charge >= 0.3 is 0 Å². The Morgan fingerprint density at radius 2 is 1.80 bits per heavy atom. The highest BCUT2D eigenvalue weighted by molar-refractivity contribution is 7.89. The summed E-state index contributed by atoms with van der Waals surface area (Å²) < 4.78 is 27.5. The fraction of sp³-hybridized carbons (Fsp3) is 0.154. The van der Waals surface area contributed by atoms with Gasteiger partial charge in [0.2, 0.25) is 10.0 Å². The van der Waals surface area contributed by atoms with Crippen molar-refractivity contribution >= 4 is 21.6 Å². The van der Waals surface area contributed by atoms with Crippen LogP contribution in [0.25, 0.3) is 0 Å². The third-order valence-electron chi connectivity index (χ3n) is 2.91. The van der Waals surface area contributed by atoms with Crippen LogP contribution in [-0.2, 0) is 10.0 Å². The van der Waals surface area contributed by atoms with Gasteiger partial charge in [0.25, 0.3) is 5.91 Å². The first-order chi connectivity index (χ1) is 9.30. The molecule has 1 heterocycles. The molecule has 0 saturated carbocycles. The molecule has 0 aliphatic rings. The first-order valence-electron chi connectivity index (χ1n) is 5.75. The fourth-order valence-electron chi connectivity index (χ4n) is 1.72. The van der Waals surface area contributed by atoms with Gasteiger partial charge in [0.1, 0.15) is 0 Å². The van der Waals surface area contributed by atoms with Gasteiger partial charge in [0.05, 0.1) is 11.2 Å². The number of hydrogen-bond acceptors (Lipinski definition) is 4. The molecule has 0 radical (unpaired) electrons. The number of aryl methyl sites for hydroxylation is 1. The summed E-state index contributed by atoms with van der Waals surface area (Å²) in [6.45, 7) is 1.77. The van der Waals surface area contributed by atoms with Crippen LogP contribution >= 0.6 is 0 Å². The number of furan rings is 1. The summed E-state index contributed by atoms with van der Waals surface area (Å²) in [5.74, 6) is -0.0566. The Hall–Kier alpha value is -2.12. The normalized spacial score (nSPS) is 11.3. The smallest absolute Gasteiger partial charge is 0.293 e. The number of carbonyl (C=O) groups excluding carboxylic acids is 1. The van der Waals surface area contributed by atoms with E-state index < -0.39 is 10.0 Å². The number of sulfonamides is 1. The number of nitrogens with zero attached hydrogens (tertiary/aromatic N) is 1. The van der Waals surface area contributed by atoms with Crippen molar-refractivity contribution in [2.75, 3.05) is 11.9 Å². The summed E-state index contributed by atoms with van der Waals surface area (Å²) >= 11 is 0. The number of primary sulfonamides is 1. The highest BCUT2D eigenvalue weighted by Gasteiger charge is 2.19. The van der Waals surface area contributed by atoms with E-state index in [0.29, 0.717) is 5.69 Å². The predicted octanol–water partition coefficient (Wildman–Crippen LogP) is 1.51. The standard InChI is InChI=1S/C13H14N2O4S/c1-9-7-8-19-12(9)13(16)15(2)10-3-5-11(6-4-10)20(14,17)18/h3-8H,1-2H3,(H2,14,17,18). The van der Waals surface area contributed by atoms with Gasteiger partial charge < -0.3 is 9.32 Å². The van der Waals surface area contributed by atoms with Gasteiger partial charge in [0.15, 0.2) is 5.76 Å². The van der Waals surface area contributed by atoms with Gasteiger partial charge in [-0.25, -0.2) is 13.6 Å². The zero-order chi connectivity index (χ0) is 14.9. The second-order valence-electron chi connectivity index (χ2n) is 4.34. The molecule has 0 saturated heterocycles. The first kappa shape index (κ1) is 14.3. The van der Waals surface area contributed by atoms with Crippen molar-refractivity contribution in [1.29, 1.82) is 0 Å². The van der Waals surface area contributed by atoms with Gasteiger partial charge in [-0.05, 0) is 37.3 Å². The van der Waals surface area contributed by atoms with E-state index >= 15 is 0 Å². The summed E-state index contributed by atoms with van der Waals surface area (Å²) in [6.07, 6.45) is 1.44. The number of amides is 1. The third-order valence-corrected chi connectivity index (χ3v) is 3.84. The van der Waals surface area contributed by atoms with Crippen molar-refractivity contribution in [2.45, 2.75) is 11.8 Å². The molecule has 0 unspecified atom stereocenters. The number of rotatable bonds is 3. The van der Waals surface area contributed by atoms with Crippen molar-refractivity contribution in [3.05, 3.63) is 47.9 Å². The second-order valence-corrected chi connectivity index (χ2v) is 5.90. The Bertz CT molecular complexity index is 732. The third kappa shape index (κ3) is 2.73. The van der Waals surface area contributed by atoms with E-state index in [9.17, 15) is 13.2 Å². The maximum absolute atomic E-state index is 12.2. The summed E-state index contributed by atoms with van der Waals surface area (Å²) in [7, 11) is -2.16. The molecule has 0 aliphatic heterocycles. The lowest BCUT2D eigenvalue weighted by Crippen LogP contribution is -2.26. The van der Waals surface area contributed by atoms with Crippen LogP contribution in [0, 0.1) is 6.92 Å². The molecular formula is C13H14N2O4S. The molecule has 106 valence electrons. The van der Waals surface area contributed by atoms with Crippen LogP contribution in [0.1, 0.15) is 16.1 Å². The first-order valence-corrected chi connectivity index (χ1v) is 7.30. The SMILES string of the molecule is Cc1ccoc1C(=O)N(C)c1ccc(S(N)(=O)=O)cc1. The number of hydrogen-bond donors (Lipinski definition) is 1. The lowest BCUT2D eigenvalue weighted by Gasteiger charge is -2.16. The summed E-state index contributed by atoms with van der Waals surface area (Å²) in [5.41, 5.74) is 1.28. The van der Waals surface area contributed by atoms with Crippen molar-refractivity contribution in [3.63, 3.8) is 0 Å². The molecule has 7 heteroatoms. The van der Waals surface area contributed by atoms with Crippen LogP contribution in [-0.4, -0.2) is 21.4 Å². The molecule has 1 aromatic heterocycles. The van der Waals surface area contributed by atoms with Crippen molar-refractivity contribution in [2.24, 2.45) is 5.14 Å². The molecule has 0 atom stereocenters. The molecule has 0 bridgehead atoms. The van der Waals surface area contributed by atoms with Gasteiger partial charge in [0, 0.05) is 18.3 Å². The van der Waals surface area contributed by atoms with Crippen LogP contribution in [0.2, 0.25) is 0 Å². The van der Waals surface area contributed by atoms with E-state index in [1.54, 1.807) is 20.0 Å². The van der Waals surface area contributed by atoms with Crippen LogP contribution in [0.15, 0.2) is 45.9 Å². The molecule has 0 spiro atoms. The van der Waals surface area contributed by atoms with Crippen LogP contribution in [0.4, 0.5) is 5.69 Å². The van der Waals surface area contributed by atoms with Gasteiger partial charge in [-0.15, -0.1) is 0 Å². The Morgan fingerprint density at radius 3 is 2.25 bits per heavy atom. The molecule has 0 fully saturated rings. The molecule has 2 rings (SSSR count). The van der Waals surface area contributed by atoms with E-state index in [1.807, 2.05) is 0 Å². The lowest BCUT2D eigenvalue weighted by atomic mass is 10.2. The average Bonchev–Trinajstić information content (AvgIpc) is 2.82. The monoisotopic (exact) mass is 294 g/mol. The minimum Gasteiger partial charge on any atom is -0.459 e. The van der Waals surface area contributed by atoms with Crippen LogP contribution in [0.5, 0.6) is 0 Å². The highest BCUT2D eigenvalue weighted by Crippen LogP contribution is 2.19. The Labute approximate surface area is 116 Å². The number of nitrogens with two attached hydrogens (primary N) is 1. The molecule has 2 N–H and O–H groups in total. The Balaban J connectivity index is 2.28. The largest absolute Gasteiger partial charge is 0.459 e. The van der Waals surface area contributed by atoms with Crippen molar-refractivity contribution in [3.8, 4) is 0 Å². The van der Waals surface area contributed by atoms with E-state index in [-0.39, 0.29) is 16.6 Å². The lowest BCUT2D eigenvalue weighted by molar-refractivity contribution is 0.0965. The summed E-state index contributed by atoms with van der Waals surface area (Å²) in [6, 6.07) is 7.42. The molecule has 20 heavy (non-hydrogen) atoms. The average molecular weight is 294 g/mol. The predicted molar refractivity (Wildman–Crippen MR) is 74.0 cm³/mol. The van der Waals surface area contributed by atoms with Crippen molar-refractivity contribution < 1.29 is 17.6 Å². The molecule has 2 aromatic rings. The minimum absolute atomic E-state index is 0.00345. The molecular weight excluding hydrogens is 280 g/mol. The van der Waals surface area contributed by atoms with Gasteiger partial charge in [-0.3, -0.25) is 4.79 Å². The van der Waals surface area contributed by atoms with E-state index in [1.165, 1.54) is 35.4 Å². The molecule has 1 aromatic carbocycles. The summed E-state index contributed by atoms with van der Waals surface area (Å²) in [5, 5.41) is 5.02. The Morgan fingerprint density at radius 1 is 1.20 bits per heavy atom. The van der Waals surface area contributed by atoms with Crippen LogP contribution in [0.3, 0.4) is 0 Å². The van der Waals surface area contributed by atoms with Crippen LogP contribution < -0.4 is 10.0 Å². The van der Waals surface area contributed by atoms with E-state index in [4.69, 9.17) is 9.56 Å². The maximum atomic E-state index is 12.2. The Kier molecular flexibility index (Phi) is 3.65.